The third kappa shape index (κ3) is 6.17. The number of rotatable bonds is 7. The minimum atomic E-state index is -4.55. The highest BCUT2D eigenvalue weighted by atomic mass is 19.4. The molecule has 5 rings (SSSR count). The molecule has 0 atom stereocenters. The lowest BCUT2D eigenvalue weighted by Gasteiger charge is -2.20. The molecule has 202 valence electrons. The Morgan fingerprint density at radius 2 is 1.82 bits per heavy atom. The molecule has 3 heterocycles. The van der Waals surface area contributed by atoms with Crippen molar-refractivity contribution in [3.63, 3.8) is 0 Å². The molecule has 0 aliphatic carbocycles. The fourth-order valence-corrected chi connectivity index (χ4v) is 4.61. The van der Waals surface area contributed by atoms with Crippen LogP contribution in [0.2, 0.25) is 0 Å². The quantitative estimate of drug-likeness (QED) is 0.344. The molecule has 12 heteroatoms. The molecule has 1 fully saturated rings. The first-order valence-electron chi connectivity index (χ1n) is 12.3. The summed E-state index contributed by atoms with van der Waals surface area (Å²) in [6, 6.07) is 11.4. The lowest BCUT2D eigenvalue weighted by atomic mass is 10.1. The van der Waals surface area contributed by atoms with Crippen molar-refractivity contribution in [2.45, 2.75) is 32.0 Å². The van der Waals surface area contributed by atoms with Crippen LogP contribution in [0.5, 0.6) is 11.6 Å². The van der Waals surface area contributed by atoms with Gasteiger partial charge in [-0.25, -0.2) is 14.8 Å². The van der Waals surface area contributed by atoms with Gasteiger partial charge in [-0.3, -0.25) is 14.3 Å². The van der Waals surface area contributed by atoms with Crippen molar-refractivity contribution in [2.75, 3.05) is 18.4 Å². The molecule has 3 N–H and O–H groups in total. The molecular weight excluding hydrogens is 513 g/mol. The predicted molar refractivity (Wildman–Crippen MR) is 137 cm³/mol. The lowest BCUT2D eigenvalue weighted by Crippen LogP contribution is -2.22. The van der Waals surface area contributed by atoms with E-state index in [4.69, 9.17) is 10.5 Å². The van der Waals surface area contributed by atoms with Gasteiger partial charge in [-0.2, -0.15) is 13.2 Å². The molecule has 0 bridgehead atoms. The minimum absolute atomic E-state index is 0.0508. The summed E-state index contributed by atoms with van der Waals surface area (Å²) in [7, 11) is 0. The number of nitrogens with two attached hydrogens (primary N) is 1. The Balaban J connectivity index is 1.32. The molecule has 2 aromatic carbocycles. The van der Waals surface area contributed by atoms with Crippen LogP contribution in [0.1, 0.15) is 29.7 Å². The van der Waals surface area contributed by atoms with Gasteiger partial charge in [0.1, 0.15) is 12.1 Å². The molecule has 0 saturated carbocycles. The number of hydrogen-bond donors (Lipinski definition) is 2. The lowest BCUT2D eigenvalue weighted by molar-refractivity contribution is -0.138. The molecule has 0 radical (unpaired) electrons. The maximum absolute atomic E-state index is 13.8. The number of halogens is 3. The highest BCUT2D eigenvalue weighted by molar-refractivity contribution is 5.98. The zero-order chi connectivity index (χ0) is 27.6. The van der Waals surface area contributed by atoms with Crippen LogP contribution in [0.25, 0.3) is 10.9 Å². The summed E-state index contributed by atoms with van der Waals surface area (Å²) in [5.74, 6) is 0.104. The number of likely N-dealkylation sites (tertiary alicyclic amines) is 1. The minimum Gasteiger partial charge on any atom is -0.439 e. The molecule has 39 heavy (non-hydrogen) atoms. The molecule has 1 aliphatic heterocycles. The molecule has 0 unspecified atom stereocenters. The van der Waals surface area contributed by atoms with Gasteiger partial charge < -0.3 is 15.8 Å². The Morgan fingerprint density at radius 1 is 1.03 bits per heavy atom. The third-order valence-corrected chi connectivity index (χ3v) is 6.42. The van der Waals surface area contributed by atoms with Gasteiger partial charge in [0, 0.05) is 29.9 Å². The number of anilines is 1. The molecule has 9 nitrogen and oxygen atoms in total. The molecule has 1 aliphatic rings. The average molecular weight is 539 g/mol. The Bertz CT molecular complexity index is 1530. The van der Waals surface area contributed by atoms with E-state index >= 15 is 0 Å². The monoisotopic (exact) mass is 538 g/mol. The second-order valence-corrected chi connectivity index (χ2v) is 9.28. The molecule has 2 amide bonds. The van der Waals surface area contributed by atoms with E-state index < -0.39 is 23.7 Å². The summed E-state index contributed by atoms with van der Waals surface area (Å²) in [4.78, 5) is 34.1. The fourth-order valence-electron chi connectivity index (χ4n) is 4.61. The van der Waals surface area contributed by atoms with Gasteiger partial charge in [-0.15, -0.1) is 0 Å². The van der Waals surface area contributed by atoms with Gasteiger partial charge in [0.2, 0.25) is 11.8 Å². The summed E-state index contributed by atoms with van der Waals surface area (Å²) in [5, 5.41) is 3.23. The summed E-state index contributed by atoms with van der Waals surface area (Å²) in [5.41, 5.74) is 5.62. The van der Waals surface area contributed by atoms with E-state index in [1.807, 2.05) is 4.90 Å². The summed E-state index contributed by atoms with van der Waals surface area (Å²) < 4.78 is 48.5. The van der Waals surface area contributed by atoms with Crippen molar-refractivity contribution < 1.29 is 27.5 Å². The van der Waals surface area contributed by atoms with Gasteiger partial charge in [0.25, 0.3) is 0 Å². The van der Waals surface area contributed by atoms with Gasteiger partial charge in [0.05, 0.1) is 23.2 Å². The number of ether oxygens (including phenoxy) is 1. The Kier molecular flexibility index (Phi) is 7.20. The average Bonchev–Trinajstić information content (AvgIpc) is 3.54. The van der Waals surface area contributed by atoms with Crippen LogP contribution in [0.15, 0.2) is 61.1 Å². The van der Waals surface area contributed by atoms with Gasteiger partial charge >= 0.3 is 12.2 Å². The van der Waals surface area contributed by atoms with E-state index in [1.165, 1.54) is 35.3 Å². The number of amides is 2. The highest BCUT2D eigenvalue weighted by Gasteiger charge is 2.34. The smallest absolute Gasteiger partial charge is 0.416 e. The maximum atomic E-state index is 13.8. The SMILES string of the molecule is NC(=O)Cc1cc(Oc2ccc3c(ccn3C(=O)Nc3ccc(CN4CCCC4)c(C(F)(F)F)c3)c2)ncn1. The highest BCUT2D eigenvalue weighted by Crippen LogP contribution is 2.35. The van der Waals surface area contributed by atoms with Crippen LogP contribution in [0.3, 0.4) is 0 Å². The van der Waals surface area contributed by atoms with Crippen molar-refractivity contribution in [3.8, 4) is 11.6 Å². The molecule has 4 aromatic rings. The van der Waals surface area contributed by atoms with Crippen molar-refractivity contribution in [2.24, 2.45) is 5.73 Å². The van der Waals surface area contributed by atoms with Crippen molar-refractivity contribution >= 4 is 28.5 Å². The normalized spacial score (nSPS) is 14.0. The molecular formula is C27H25F3N6O3. The van der Waals surface area contributed by atoms with Crippen LogP contribution in [0.4, 0.5) is 23.7 Å². The van der Waals surface area contributed by atoms with Crippen LogP contribution in [-0.2, 0) is 23.9 Å². The number of carbonyl (C=O) groups excluding carboxylic acids is 2. The number of aromatic nitrogens is 3. The number of alkyl halides is 3. The number of benzene rings is 2. The zero-order valence-electron chi connectivity index (χ0n) is 20.7. The first-order chi connectivity index (χ1) is 18.7. The summed E-state index contributed by atoms with van der Waals surface area (Å²) in [6.07, 6.45) is 0.138. The van der Waals surface area contributed by atoms with E-state index in [0.29, 0.717) is 22.3 Å². The van der Waals surface area contributed by atoms with E-state index in [9.17, 15) is 22.8 Å². The number of nitrogens with zero attached hydrogens (tertiary/aromatic N) is 4. The number of hydrogen-bond acceptors (Lipinski definition) is 6. The van der Waals surface area contributed by atoms with Crippen LogP contribution >= 0.6 is 0 Å². The second-order valence-electron chi connectivity index (χ2n) is 9.28. The van der Waals surface area contributed by atoms with Crippen molar-refractivity contribution in [1.82, 2.24) is 19.4 Å². The van der Waals surface area contributed by atoms with E-state index in [1.54, 1.807) is 24.3 Å². The number of carbonyl (C=O) groups is 2. The zero-order valence-corrected chi connectivity index (χ0v) is 20.7. The largest absolute Gasteiger partial charge is 0.439 e. The molecule has 1 saturated heterocycles. The summed E-state index contributed by atoms with van der Waals surface area (Å²) in [6.45, 7) is 1.77. The van der Waals surface area contributed by atoms with E-state index in [2.05, 4.69) is 15.3 Å². The first kappa shape index (κ1) is 26.2. The standard InChI is InChI=1S/C27H25F3N6O3/c28-27(29,30)22-12-19(4-3-18(22)15-35-8-1-2-9-35)34-26(38)36-10-7-17-11-21(5-6-23(17)36)39-25-14-20(13-24(31)37)32-16-33-25/h3-7,10-12,14,16H,1-2,8-9,13,15H2,(H2,31,37)(H,34,38). The Hall–Kier alpha value is -4.45. The fraction of sp³-hybridized carbons (Fsp3) is 0.259. The van der Waals surface area contributed by atoms with E-state index in [-0.39, 0.29) is 30.1 Å². The predicted octanol–water partition coefficient (Wildman–Crippen LogP) is 4.95. The summed E-state index contributed by atoms with van der Waals surface area (Å²) >= 11 is 0. The van der Waals surface area contributed by atoms with Gasteiger partial charge in [-0.1, -0.05) is 6.07 Å². The number of nitrogens with one attached hydrogen (secondary N) is 1. The second kappa shape index (κ2) is 10.7. The Labute approximate surface area is 221 Å². The van der Waals surface area contributed by atoms with Crippen LogP contribution < -0.4 is 15.8 Å². The topological polar surface area (TPSA) is 115 Å². The molecule has 0 spiro atoms. The Morgan fingerprint density at radius 3 is 2.56 bits per heavy atom. The first-order valence-corrected chi connectivity index (χ1v) is 12.3. The van der Waals surface area contributed by atoms with Crippen molar-refractivity contribution in [3.05, 3.63) is 77.9 Å². The van der Waals surface area contributed by atoms with Crippen LogP contribution in [-0.4, -0.2) is 44.5 Å². The number of primary amides is 1. The van der Waals surface area contributed by atoms with Crippen LogP contribution in [0, 0.1) is 0 Å². The van der Waals surface area contributed by atoms with Crippen molar-refractivity contribution in [1.29, 1.82) is 0 Å². The van der Waals surface area contributed by atoms with E-state index in [0.717, 1.165) is 32.0 Å². The maximum Gasteiger partial charge on any atom is 0.416 e. The van der Waals surface area contributed by atoms with Gasteiger partial charge in [0.15, 0.2) is 0 Å². The number of fused-ring (bicyclic) bond motifs is 1. The molecule has 2 aromatic heterocycles. The third-order valence-electron chi connectivity index (χ3n) is 6.42. The van der Waals surface area contributed by atoms with Gasteiger partial charge in [-0.05, 0) is 67.9 Å².